The second-order valence-corrected chi connectivity index (χ2v) is 5.05. The zero-order chi connectivity index (χ0) is 13.8. The summed E-state index contributed by atoms with van der Waals surface area (Å²) < 4.78 is 5.61. The van der Waals surface area contributed by atoms with E-state index in [1.54, 1.807) is 0 Å². The molecule has 4 heteroatoms. The van der Waals surface area contributed by atoms with Gasteiger partial charge in [0, 0.05) is 17.8 Å². The fourth-order valence-corrected chi connectivity index (χ4v) is 2.45. The quantitative estimate of drug-likeness (QED) is 0.912. The Bertz CT molecular complexity index is 551. The van der Waals surface area contributed by atoms with Crippen molar-refractivity contribution in [3.05, 3.63) is 52.4 Å². The molecular formula is C15H19ClN2O. The Morgan fingerprint density at radius 2 is 2.05 bits per heavy atom. The van der Waals surface area contributed by atoms with E-state index >= 15 is 0 Å². The van der Waals surface area contributed by atoms with Crippen molar-refractivity contribution in [1.82, 2.24) is 0 Å². The first kappa shape index (κ1) is 14.0. The molecule has 1 heterocycles. The Balaban J connectivity index is 2.23. The molecule has 0 bridgehead atoms. The van der Waals surface area contributed by atoms with Crippen molar-refractivity contribution in [1.29, 1.82) is 0 Å². The van der Waals surface area contributed by atoms with Crippen LogP contribution in [-0.2, 0) is 13.0 Å². The van der Waals surface area contributed by atoms with E-state index < -0.39 is 0 Å². The van der Waals surface area contributed by atoms with E-state index in [0.29, 0.717) is 13.1 Å². The average molecular weight is 279 g/mol. The lowest BCUT2D eigenvalue weighted by atomic mass is 10.1. The van der Waals surface area contributed by atoms with Crippen LogP contribution < -0.4 is 10.6 Å². The Hall–Kier alpha value is -1.45. The summed E-state index contributed by atoms with van der Waals surface area (Å²) in [7, 11) is 2.03. The maximum Gasteiger partial charge on any atom is 0.123 e. The fourth-order valence-electron chi connectivity index (χ4n) is 2.19. The summed E-state index contributed by atoms with van der Waals surface area (Å²) in [6.07, 6.45) is 0.774. The van der Waals surface area contributed by atoms with Gasteiger partial charge in [0.05, 0.1) is 6.54 Å². The van der Waals surface area contributed by atoms with Gasteiger partial charge in [-0.3, -0.25) is 0 Å². The van der Waals surface area contributed by atoms with Crippen molar-refractivity contribution >= 4 is 17.3 Å². The van der Waals surface area contributed by atoms with Crippen molar-refractivity contribution in [2.45, 2.75) is 19.9 Å². The minimum Gasteiger partial charge on any atom is -0.464 e. The molecule has 2 aromatic rings. The molecule has 0 aliphatic rings. The van der Waals surface area contributed by atoms with Gasteiger partial charge in [0.25, 0.3) is 0 Å². The van der Waals surface area contributed by atoms with Gasteiger partial charge in [0.15, 0.2) is 0 Å². The van der Waals surface area contributed by atoms with Gasteiger partial charge in [-0.25, -0.2) is 0 Å². The van der Waals surface area contributed by atoms with Crippen LogP contribution in [0.25, 0.3) is 0 Å². The van der Waals surface area contributed by atoms with E-state index in [0.717, 1.165) is 34.2 Å². The minimum atomic E-state index is 0.588. The molecule has 1 aromatic heterocycles. The average Bonchev–Trinajstić information content (AvgIpc) is 2.77. The molecule has 0 aliphatic heterocycles. The highest BCUT2D eigenvalue weighted by molar-refractivity contribution is 6.31. The predicted octanol–water partition coefficient (Wildman–Crippen LogP) is 3.38. The molecule has 1 aromatic carbocycles. The largest absolute Gasteiger partial charge is 0.464 e. The van der Waals surface area contributed by atoms with Gasteiger partial charge in [-0.2, -0.15) is 0 Å². The Morgan fingerprint density at radius 3 is 2.68 bits per heavy atom. The Labute approximate surface area is 119 Å². The first-order chi connectivity index (χ1) is 9.11. The first-order valence-electron chi connectivity index (χ1n) is 6.35. The third-order valence-electron chi connectivity index (χ3n) is 3.09. The second-order valence-electron chi connectivity index (χ2n) is 4.64. The maximum absolute atomic E-state index is 6.25. The molecule has 102 valence electrons. The summed E-state index contributed by atoms with van der Waals surface area (Å²) in [5, 5.41) is 0.769. The number of nitrogens with two attached hydrogens (primary N) is 1. The van der Waals surface area contributed by atoms with Crippen molar-refractivity contribution in [2.24, 2.45) is 5.73 Å². The molecule has 0 unspecified atom stereocenters. The van der Waals surface area contributed by atoms with Crippen LogP contribution in [0.15, 0.2) is 34.7 Å². The third kappa shape index (κ3) is 3.31. The summed E-state index contributed by atoms with van der Waals surface area (Å²) in [6, 6.07) is 9.90. The number of furan rings is 1. The molecular weight excluding hydrogens is 260 g/mol. The Kier molecular flexibility index (Phi) is 4.51. The summed E-state index contributed by atoms with van der Waals surface area (Å²) >= 11 is 6.25. The lowest BCUT2D eigenvalue weighted by Crippen LogP contribution is -2.18. The third-order valence-corrected chi connectivity index (χ3v) is 3.44. The molecule has 0 spiro atoms. The van der Waals surface area contributed by atoms with Gasteiger partial charge in [0.2, 0.25) is 0 Å². The maximum atomic E-state index is 6.25. The van der Waals surface area contributed by atoms with E-state index in [-0.39, 0.29) is 0 Å². The van der Waals surface area contributed by atoms with E-state index in [9.17, 15) is 0 Å². The summed E-state index contributed by atoms with van der Waals surface area (Å²) in [5.41, 5.74) is 7.86. The summed E-state index contributed by atoms with van der Waals surface area (Å²) in [6.45, 7) is 3.25. The van der Waals surface area contributed by atoms with E-state index in [1.165, 1.54) is 0 Å². The highest BCUT2D eigenvalue weighted by Gasteiger charge is 2.12. The molecule has 0 aliphatic carbocycles. The van der Waals surface area contributed by atoms with Crippen LogP contribution in [0, 0.1) is 6.92 Å². The molecule has 3 nitrogen and oxygen atoms in total. The van der Waals surface area contributed by atoms with Gasteiger partial charge in [0.1, 0.15) is 11.5 Å². The van der Waals surface area contributed by atoms with Crippen LogP contribution in [-0.4, -0.2) is 13.6 Å². The molecule has 0 saturated carbocycles. The lowest BCUT2D eigenvalue weighted by Gasteiger charge is -2.22. The molecule has 0 fully saturated rings. The van der Waals surface area contributed by atoms with Gasteiger partial charge < -0.3 is 15.1 Å². The zero-order valence-electron chi connectivity index (χ0n) is 11.3. The normalized spacial score (nSPS) is 10.7. The smallest absolute Gasteiger partial charge is 0.123 e. The molecule has 0 atom stereocenters. The number of benzene rings is 1. The van der Waals surface area contributed by atoms with Crippen LogP contribution in [0.3, 0.4) is 0 Å². The van der Waals surface area contributed by atoms with Crippen LogP contribution in [0.5, 0.6) is 0 Å². The van der Waals surface area contributed by atoms with E-state index in [2.05, 4.69) is 11.0 Å². The van der Waals surface area contributed by atoms with E-state index in [1.807, 2.05) is 38.2 Å². The van der Waals surface area contributed by atoms with Crippen LogP contribution in [0.4, 0.5) is 5.69 Å². The summed E-state index contributed by atoms with van der Waals surface area (Å²) in [5.74, 6) is 1.87. The number of hydrogen-bond acceptors (Lipinski definition) is 3. The highest BCUT2D eigenvalue weighted by atomic mass is 35.5. The van der Waals surface area contributed by atoms with Crippen molar-refractivity contribution in [3.8, 4) is 0 Å². The predicted molar refractivity (Wildman–Crippen MR) is 79.8 cm³/mol. The molecule has 19 heavy (non-hydrogen) atoms. The lowest BCUT2D eigenvalue weighted by molar-refractivity contribution is 0.481. The van der Waals surface area contributed by atoms with Crippen LogP contribution in [0.1, 0.15) is 17.1 Å². The van der Waals surface area contributed by atoms with Crippen LogP contribution >= 0.6 is 11.6 Å². The SMILES string of the molecule is Cc1ccc(CN(C)c2cccc(Cl)c2CCN)o1. The topological polar surface area (TPSA) is 42.4 Å². The molecule has 0 radical (unpaired) electrons. The van der Waals surface area contributed by atoms with Gasteiger partial charge in [-0.1, -0.05) is 17.7 Å². The monoisotopic (exact) mass is 278 g/mol. The standard InChI is InChI=1S/C15H19ClN2O/c1-11-6-7-12(19-11)10-18(2)15-5-3-4-14(16)13(15)8-9-17/h3-7H,8-10,17H2,1-2H3. The number of aryl methyl sites for hydroxylation is 1. The van der Waals surface area contributed by atoms with Gasteiger partial charge >= 0.3 is 0 Å². The fraction of sp³-hybridized carbons (Fsp3) is 0.333. The van der Waals surface area contributed by atoms with Crippen molar-refractivity contribution in [2.75, 3.05) is 18.5 Å². The van der Waals surface area contributed by atoms with Crippen molar-refractivity contribution < 1.29 is 4.42 Å². The van der Waals surface area contributed by atoms with Gasteiger partial charge in [-0.05, 0) is 49.7 Å². The molecule has 0 saturated heterocycles. The summed E-state index contributed by atoms with van der Waals surface area (Å²) in [4.78, 5) is 2.13. The highest BCUT2D eigenvalue weighted by Crippen LogP contribution is 2.28. The van der Waals surface area contributed by atoms with Crippen LogP contribution in [0.2, 0.25) is 5.02 Å². The zero-order valence-corrected chi connectivity index (χ0v) is 12.1. The van der Waals surface area contributed by atoms with Gasteiger partial charge in [-0.15, -0.1) is 0 Å². The Morgan fingerprint density at radius 1 is 1.26 bits per heavy atom. The number of hydrogen-bond donors (Lipinski definition) is 1. The second kappa shape index (κ2) is 6.13. The molecule has 2 N–H and O–H groups in total. The van der Waals surface area contributed by atoms with E-state index in [4.69, 9.17) is 21.8 Å². The number of rotatable bonds is 5. The number of anilines is 1. The molecule has 2 rings (SSSR count). The molecule has 0 amide bonds. The first-order valence-corrected chi connectivity index (χ1v) is 6.73. The minimum absolute atomic E-state index is 0.588. The number of nitrogens with zero attached hydrogens (tertiary/aromatic N) is 1. The number of halogens is 1. The van der Waals surface area contributed by atoms with Crippen molar-refractivity contribution in [3.63, 3.8) is 0 Å².